The Kier molecular flexibility index (Phi) is 3.28. The van der Waals surface area contributed by atoms with Crippen LogP contribution in [0, 0.1) is 5.92 Å². The van der Waals surface area contributed by atoms with Gasteiger partial charge < -0.3 is 5.32 Å². The van der Waals surface area contributed by atoms with E-state index in [1.807, 2.05) is 24.3 Å². The minimum atomic E-state index is -0.498. The van der Waals surface area contributed by atoms with Gasteiger partial charge in [-0.3, -0.25) is 14.5 Å². The molecule has 2 heterocycles. The van der Waals surface area contributed by atoms with Crippen LogP contribution in [0.3, 0.4) is 0 Å². The van der Waals surface area contributed by atoms with Gasteiger partial charge in [-0.2, -0.15) is 0 Å². The van der Waals surface area contributed by atoms with E-state index in [1.165, 1.54) is 18.4 Å². The third kappa shape index (κ3) is 2.48. The van der Waals surface area contributed by atoms with E-state index in [1.54, 1.807) is 0 Å². The molecule has 1 N–H and O–H groups in total. The molecule has 5 rings (SSSR count). The highest BCUT2D eigenvalue weighted by Gasteiger charge is 2.35. The number of carbonyl (C=O) groups excluding carboxylic acids is 2. The molecular formula is C21H20N2O2. The highest BCUT2D eigenvalue weighted by Crippen LogP contribution is 2.41. The number of hydrogen-bond acceptors (Lipinski definition) is 3. The fourth-order valence-corrected chi connectivity index (χ4v) is 4.12. The second-order valence-electron chi connectivity index (χ2n) is 7.38. The van der Waals surface area contributed by atoms with E-state index in [9.17, 15) is 9.59 Å². The molecule has 0 aromatic heterocycles. The first kappa shape index (κ1) is 14.8. The maximum atomic E-state index is 12.3. The Morgan fingerprint density at radius 1 is 1.04 bits per heavy atom. The lowest BCUT2D eigenvalue weighted by molar-refractivity contribution is -0.112. The van der Waals surface area contributed by atoms with Crippen molar-refractivity contribution in [1.29, 1.82) is 0 Å². The normalized spacial score (nSPS) is 19.5. The molecule has 1 amide bonds. The number of fused-ring (bicyclic) bond motifs is 3. The average Bonchev–Trinajstić information content (AvgIpc) is 3.41. The van der Waals surface area contributed by atoms with Crippen LogP contribution < -0.4 is 5.32 Å². The van der Waals surface area contributed by atoms with Gasteiger partial charge in [0.1, 0.15) is 0 Å². The minimum absolute atomic E-state index is 0.408. The van der Waals surface area contributed by atoms with Crippen LogP contribution in [0.4, 0.5) is 5.69 Å². The Balaban J connectivity index is 1.64. The number of anilines is 1. The molecule has 0 saturated heterocycles. The van der Waals surface area contributed by atoms with Gasteiger partial charge in [0, 0.05) is 19.6 Å². The highest BCUT2D eigenvalue weighted by molar-refractivity contribution is 6.52. The molecule has 2 aliphatic heterocycles. The van der Waals surface area contributed by atoms with Gasteiger partial charge >= 0.3 is 0 Å². The smallest absolute Gasteiger partial charge is 0.296 e. The zero-order chi connectivity index (χ0) is 17.0. The highest BCUT2D eigenvalue weighted by atomic mass is 16.2. The Labute approximate surface area is 146 Å². The SMILES string of the molecule is O=C1Nc2c(cc(-c3ccccc3)c3c2CN(CC2CC2)CC3)C1=O. The van der Waals surface area contributed by atoms with Crippen molar-refractivity contribution >= 4 is 17.4 Å². The molecule has 1 fully saturated rings. The number of benzene rings is 2. The van der Waals surface area contributed by atoms with E-state index in [0.717, 1.165) is 54.4 Å². The van der Waals surface area contributed by atoms with E-state index in [2.05, 4.69) is 22.3 Å². The first-order valence-electron chi connectivity index (χ1n) is 9.03. The summed E-state index contributed by atoms with van der Waals surface area (Å²) in [6.07, 6.45) is 3.63. The van der Waals surface area contributed by atoms with E-state index in [-0.39, 0.29) is 0 Å². The van der Waals surface area contributed by atoms with Gasteiger partial charge in [-0.05, 0) is 53.5 Å². The van der Waals surface area contributed by atoms with Crippen molar-refractivity contribution in [2.24, 2.45) is 5.92 Å². The van der Waals surface area contributed by atoms with Gasteiger partial charge in [0.15, 0.2) is 0 Å². The van der Waals surface area contributed by atoms with Crippen LogP contribution in [0.15, 0.2) is 36.4 Å². The lowest BCUT2D eigenvalue weighted by Gasteiger charge is -2.31. The summed E-state index contributed by atoms with van der Waals surface area (Å²) in [7, 11) is 0. The van der Waals surface area contributed by atoms with E-state index >= 15 is 0 Å². The number of nitrogens with one attached hydrogen (secondary N) is 1. The zero-order valence-corrected chi connectivity index (χ0v) is 14.0. The van der Waals surface area contributed by atoms with Crippen molar-refractivity contribution < 1.29 is 9.59 Å². The monoisotopic (exact) mass is 332 g/mol. The van der Waals surface area contributed by atoms with Crippen molar-refractivity contribution in [3.8, 4) is 11.1 Å². The molecule has 2 aromatic rings. The summed E-state index contributed by atoms with van der Waals surface area (Å²) in [5, 5.41) is 2.83. The Morgan fingerprint density at radius 3 is 2.60 bits per heavy atom. The summed E-state index contributed by atoms with van der Waals surface area (Å²) in [5.41, 5.74) is 5.94. The summed E-state index contributed by atoms with van der Waals surface area (Å²) in [6, 6.07) is 12.1. The van der Waals surface area contributed by atoms with E-state index < -0.39 is 11.7 Å². The lowest BCUT2D eigenvalue weighted by atomic mass is 9.87. The van der Waals surface area contributed by atoms with Crippen LogP contribution in [-0.2, 0) is 17.8 Å². The first-order chi connectivity index (χ1) is 12.2. The fraction of sp³-hybridized carbons (Fsp3) is 0.333. The third-order valence-corrected chi connectivity index (χ3v) is 5.60. The van der Waals surface area contributed by atoms with Crippen LogP contribution in [-0.4, -0.2) is 29.7 Å². The molecule has 126 valence electrons. The van der Waals surface area contributed by atoms with E-state index in [0.29, 0.717) is 5.56 Å². The van der Waals surface area contributed by atoms with Crippen molar-refractivity contribution in [3.63, 3.8) is 0 Å². The summed E-state index contributed by atoms with van der Waals surface area (Å²) in [5.74, 6) is -0.0702. The van der Waals surface area contributed by atoms with Crippen LogP contribution in [0.25, 0.3) is 11.1 Å². The molecule has 0 radical (unpaired) electrons. The molecule has 4 heteroatoms. The van der Waals surface area contributed by atoms with Gasteiger partial charge in [-0.1, -0.05) is 30.3 Å². The third-order valence-electron chi connectivity index (χ3n) is 5.60. The minimum Gasteiger partial charge on any atom is -0.318 e. The van der Waals surface area contributed by atoms with Crippen LogP contribution in [0.2, 0.25) is 0 Å². The van der Waals surface area contributed by atoms with E-state index in [4.69, 9.17) is 0 Å². The second kappa shape index (κ2) is 5.53. The van der Waals surface area contributed by atoms with Crippen LogP contribution in [0.1, 0.15) is 34.3 Å². The number of Topliss-reactive ketones (excluding diaryl/α,β-unsaturated/α-hetero) is 1. The van der Waals surface area contributed by atoms with Crippen LogP contribution >= 0.6 is 0 Å². The fourth-order valence-electron chi connectivity index (χ4n) is 4.12. The largest absolute Gasteiger partial charge is 0.318 e. The molecule has 0 atom stereocenters. The predicted octanol–water partition coefficient (Wildman–Crippen LogP) is 3.26. The second-order valence-corrected chi connectivity index (χ2v) is 7.38. The van der Waals surface area contributed by atoms with Crippen molar-refractivity contribution in [2.45, 2.75) is 25.8 Å². The Bertz CT molecular complexity index is 885. The molecule has 1 aliphatic carbocycles. The van der Waals surface area contributed by atoms with Gasteiger partial charge in [-0.15, -0.1) is 0 Å². The van der Waals surface area contributed by atoms with Gasteiger partial charge in [0.05, 0.1) is 11.3 Å². The maximum absolute atomic E-state index is 12.3. The average molecular weight is 332 g/mol. The van der Waals surface area contributed by atoms with Crippen molar-refractivity contribution in [1.82, 2.24) is 4.90 Å². The Hall–Kier alpha value is -2.46. The molecule has 0 spiro atoms. The number of hydrogen-bond donors (Lipinski definition) is 1. The summed E-state index contributed by atoms with van der Waals surface area (Å²) in [4.78, 5) is 26.7. The lowest BCUT2D eigenvalue weighted by Crippen LogP contribution is -2.33. The van der Waals surface area contributed by atoms with Crippen molar-refractivity contribution in [3.05, 3.63) is 53.1 Å². The van der Waals surface area contributed by atoms with Gasteiger partial charge in [-0.25, -0.2) is 0 Å². The molecular weight excluding hydrogens is 312 g/mol. The van der Waals surface area contributed by atoms with Gasteiger partial charge in [0.2, 0.25) is 0 Å². The number of carbonyl (C=O) groups is 2. The zero-order valence-electron chi connectivity index (χ0n) is 14.0. The molecule has 3 aliphatic rings. The number of rotatable bonds is 3. The molecule has 2 aromatic carbocycles. The topological polar surface area (TPSA) is 49.4 Å². The van der Waals surface area contributed by atoms with Crippen LogP contribution in [0.5, 0.6) is 0 Å². The predicted molar refractivity (Wildman–Crippen MR) is 96.5 cm³/mol. The molecule has 1 saturated carbocycles. The maximum Gasteiger partial charge on any atom is 0.296 e. The standard InChI is InChI=1S/C21H20N2O2/c24-20-17-10-16(14-4-2-1-3-5-14)15-8-9-23(11-13-6-7-13)12-18(15)19(17)22-21(20)25/h1-5,10,13H,6-9,11-12H2,(H,22,24,25). The number of ketones is 1. The molecule has 0 bridgehead atoms. The molecule has 0 unspecified atom stereocenters. The quantitative estimate of drug-likeness (QED) is 0.878. The number of amides is 1. The molecule has 25 heavy (non-hydrogen) atoms. The van der Waals surface area contributed by atoms with Gasteiger partial charge in [0.25, 0.3) is 11.7 Å². The van der Waals surface area contributed by atoms with Crippen molar-refractivity contribution in [2.75, 3.05) is 18.4 Å². The first-order valence-corrected chi connectivity index (χ1v) is 9.03. The number of nitrogens with zero attached hydrogens (tertiary/aromatic N) is 1. The summed E-state index contributed by atoms with van der Waals surface area (Å²) >= 11 is 0. The summed E-state index contributed by atoms with van der Waals surface area (Å²) in [6.45, 7) is 3.00. The summed E-state index contributed by atoms with van der Waals surface area (Å²) < 4.78 is 0. The Morgan fingerprint density at radius 2 is 1.84 bits per heavy atom. The molecule has 4 nitrogen and oxygen atoms in total.